The van der Waals surface area contributed by atoms with Gasteiger partial charge in [0.15, 0.2) is 0 Å². The van der Waals surface area contributed by atoms with Crippen LogP contribution in [0.4, 0.5) is 0 Å². The molecule has 0 aliphatic carbocycles. The molecule has 2 rings (SSSR count). The molecule has 0 spiro atoms. The van der Waals surface area contributed by atoms with E-state index in [9.17, 15) is 4.79 Å². The molecule has 0 bridgehead atoms. The van der Waals surface area contributed by atoms with Crippen LogP contribution in [0, 0.1) is 0 Å². The number of thiocarbonyl (C=S) groups is 1. The fourth-order valence-electron chi connectivity index (χ4n) is 1.82. The van der Waals surface area contributed by atoms with E-state index in [0.717, 1.165) is 5.56 Å². The standard InChI is InChI=1S/C15H14ClNO2S2/c1-3-7-17-14(18)13(21-15(17)20)9-10-5-6-12(19-4-2)11(16)8-10/h3,5-6,8-9H,1,4,7H2,2H3. The van der Waals surface area contributed by atoms with Crippen LogP contribution in [0.3, 0.4) is 0 Å². The van der Waals surface area contributed by atoms with Crippen LogP contribution in [0.2, 0.25) is 5.02 Å². The van der Waals surface area contributed by atoms with Gasteiger partial charge in [-0.05, 0) is 30.7 Å². The van der Waals surface area contributed by atoms with Gasteiger partial charge in [-0.3, -0.25) is 9.69 Å². The summed E-state index contributed by atoms with van der Waals surface area (Å²) in [7, 11) is 0. The number of carbonyl (C=O) groups is 1. The van der Waals surface area contributed by atoms with Crippen molar-refractivity contribution in [2.75, 3.05) is 13.2 Å². The van der Waals surface area contributed by atoms with E-state index >= 15 is 0 Å². The van der Waals surface area contributed by atoms with E-state index in [1.165, 1.54) is 16.7 Å². The first kappa shape index (κ1) is 16.1. The molecule has 6 heteroatoms. The van der Waals surface area contributed by atoms with Crippen LogP contribution in [0.15, 0.2) is 35.8 Å². The van der Waals surface area contributed by atoms with Crippen LogP contribution in [-0.4, -0.2) is 28.3 Å². The second-order valence-electron chi connectivity index (χ2n) is 4.20. The van der Waals surface area contributed by atoms with Gasteiger partial charge in [0.2, 0.25) is 0 Å². The number of thioether (sulfide) groups is 1. The summed E-state index contributed by atoms with van der Waals surface area (Å²) in [6.45, 7) is 6.50. The lowest BCUT2D eigenvalue weighted by Gasteiger charge is -2.10. The summed E-state index contributed by atoms with van der Waals surface area (Å²) in [4.78, 5) is 14.3. The van der Waals surface area contributed by atoms with Crippen molar-refractivity contribution in [2.45, 2.75) is 6.92 Å². The molecule has 0 aromatic heterocycles. The van der Waals surface area contributed by atoms with E-state index in [1.807, 2.05) is 13.0 Å². The summed E-state index contributed by atoms with van der Waals surface area (Å²) in [6.07, 6.45) is 3.44. The van der Waals surface area contributed by atoms with Crippen LogP contribution in [-0.2, 0) is 4.79 Å². The molecule has 0 radical (unpaired) electrons. The van der Waals surface area contributed by atoms with Crippen molar-refractivity contribution < 1.29 is 9.53 Å². The van der Waals surface area contributed by atoms with Crippen molar-refractivity contribution in [3.05, 3.63) is 46.3 Å². The second kappa shape index (κ2) is 7.11. The Morgan fingerprint density at radius 3 is 2.90 bits per heavy atom. The summed E-state index contributed by atoms with van der Waals surface area (Å²) >= 11 is 12.6. The molecule has 1 saturated heterocycles. The van der Waals surface area contributed by atoms with E-state index < -0.39 is 0 Å². The summed E-state index contributed by atoms with van der Waals surface area (Å²) < 4.78 is 5.93. The summed E-state index contributed by atoms with van der Waals surface area (Å²) in [5.74, 6) is 0.533. The topological polar surface area (TPSA) is 29.5 Å². The number of nitrogens with zero attached hydrogens (tertiary/aromatic N) is 1. The predicted octanol–water partition coefficient (Wildman–Crippen LogP) is 4.13. The molecule has 0 N–H and O–H groups in total. The first-order chi connectivity index (χ1) is 10.1. The van der Waals surface area contributed by atoms with Crippen molar-refractivity contribution in [3.63, 3.8) is 0 Å². The van der Waals surface area contributed by atoms with Gasteiger partial charge in [0, 0.05) is 6.54 Å². The molecule has 0 saturated carbocycles. The molecule has 0 unspecified atom stereocenters. The summed E-state index contributed by atoms with van der Waals surface area (Å²) in [6, 6.07) is 5.42. The smallest absolute Gasteiger partial charge is 0.266 e. The zero-order chi connectivity index (χ0) is 15.4. The minimum Gasteiger partial charge on any atom is -0.492 e. The van der Waals surface area contributed by atoms with Gasteiger partial charge >= 0.3 is 0 Å². The molecule has 1 aromatic rings. The van der Waals surface area contributed by atoms with Crippen LogP contribution in [0.25, 0.3) is 6.08 Å². The van der Waals surface area contributed by atoms with Crippen LogP contribution in [0.5, 0.6) is 5.75 Å². The number of carbonyl (C=O) groups excluding carboxylic acids is 1. The Bertz CT molecular complexity index is 628. The SMILES string of the molecule is C=CCN1C(=O)C(=Cc2ccc(OCC)c(Cl)c2)SC1=S. The molecule has 1 aliphatic heterocycles. The van der Waals surface area contributed by atoms with Gasteiger partial charge in [-0.1, -0.05) is 47.7 Å². The van der Waals surface area contributed by atoms with Crippen molar-refractivity contribution >= 4 is 51.9 Å². The number of ether oxygens (including phenoxy) is 1. The Balaban J connectivity index is 2.24. The lowest BCUT2D eigenvalue weighted by molar-refractivity contribution is -0.121. The minimum atomic E-state index is -0.102. The fraction of sp³-hybridized carbons (Fsp3) is 0.200. The van der Waals surface area contributed by atoms with Gasteiger partial charge in [0.25, 0.3) is 5.91 Å². The maximum Gasteiger partial charge on any atom is 0.266 e. The highest BCUT2D eigenvalue weighted by Crippen LogP contribution is 2.33. The largest absolute Gasteiger partial charge is 0.492 e. The first-order valence-electron chi connectivity index (χ1n) is 6.35. The number of hydrogen-bond donors (Lipinski definition) is 0. The number of halogens is 1. The molecule has 0 atom stereocenters. The second-order valence-corrected chi connectivity index (χ2v) is 6.29. The average Bonchev–Trinajstić information content (AvgIpc) is 2.70. The minimum absolute atomic E-state index is 0.102. The third-order valence-corrected chi connectivity index (χ3v) is 4.41. The lowest BCUT2D eigenvalue weighted by Crippen LogP contribution is -2.27. The molecule has 1 aliphatic rings. The third kappa shape index (κ3) is 3.67. The summed E-state index contributed by atoms with van der Waals surface area (Å²) in [5.41, 5.74) is 0.836. The molecule has 3 nitrogen and oxygen atoms in total. The highest BCUT2D eigenvalue weighted by Gasteiger charge is 2.30. The predicted molar refractivity (Wildman–Crippen MR) is 92.7 cm³/mol. The molecule has 1 amide bonds. The Labute approximate surface area is 138 Å². The number of hydrogen-bond acceptors (Lipinski definition) is 4. The van der Waals surface area contributed by atoms with Crippen molar-refractivity contribution in [2.24, 2.45) is 0 Å². The van der Waals surface area contributed by atoms with Gasteiger partial charge in [-0.15, -0.1) is 6.58 Å². The Morgan fingerprint density at radius 1 is 1.52 bits per heavy atom. The van der Waals surface area contributed by atoms with E-state index in [0.29, 0.717) is 33.1 Å². The van der Waals surface area contributed by atoms with Gasteiger partial charge in [-0.2, -0.15) is 0 Å². The quantitative estimate of drug-likeness (QED) is 0.458. The highest BCUT2D eigenvalue weighted by atomic mass is 35.5. The molecule has 1 heterocycles. The normalized spacial score (nSPS) is 16.7. The molecule has 1 fully saturated rings. The fourth-order valence-corrected chi connectivity index (χ4v) is 3.34. The van der Waals surface area contributed by atoms with Crippen molar-refractivity contribution in [1.82, 2.24) is 4.90 Å². The van der Waals surface area contributed by atoms with Gasteiger partial charge in [0.05, 0.1) is 16.5 Å². The highest BCUT2D eigenvalue weighted by molar-refractivity contribution is 8.26. The first-order valence-corrected chi connectivity index (χ1v) is 7.95. The summed E-state index contributed by atoms with van der Waals surface area (Å²) in [5, 5.41) is 0.521. The Kier molecular flexibility index (Phi) is 5.45. The number of benzene rings is 1. The third-order valence-electron chi connectivity index (χ3n) is 2.74. The van der Waals surface area contributed by atoms with Gasteiger partial charge in [0.1, 0.15) is 10.1 Å². The van der Waals surface area contributed by atoms with Crippen molar-refractivity contribution in [3.8, 4) is 5.75 Å². The Morgan fingerprint density at radius 2 is 2.29 bits per heavy atom. The molecule has 21 heavy (non-hydrogen) atoms. The number of amides is 1. The van der Waals surface area contributed by atoms with Gasteiger partial charge in [-0.25, -0.2) is 0 Å². The van der Waals surface area contributed by atoms with Gasteiger partial charge < -0.3 is 4.74 Å². The number of rotatable bonds is 5. The lowest BCUT2D eigenvalue weighted by atomic mass is 10.2. The zero-order valence-electron chi connectivity index (χ0n) is 11.5. The molecular formula is C15H14ClNO2S2. The molecular weight excluding hydrogens is 326 g/mol. The van der Waals surface area contributed by atoms with Crippen LogP contribution in [0.1, 0.15) is 12.5 Å². The maximum absolute atomic E-state index is 12.2. The average molecular weight is 340 g/mol. The molecule has 1 aromatic carbocycles. The Hall–Kier alpha value is -1.30. The zero-order valence-corrected chi connectivity index (χ0v) is 13.9. The van der Waals surface area contributed by atoms with Crippen molar-refractivity contribution in [1.29, 1.82) is 0 Å². The van der Waals surface area contributed by atoms with Crippen LogP contribution < -0.4 is 4.74 Å². The van der Waals surface area contributed by atoms with E-state index in [1.54, 1.807) is 24.3 Å². The monoisotopic (exact) mass is 339 g/mol. The molecule has 110 valence electrons. The van der Waals surface area contributed by atoms with E-state index in [2.05, 4.69) is 6.58 Å². The van der Waals surface area contributed by atoms with E-state index in [-0.39, 0.29) is 5.91 Å². The van der Waals surface area contributed by atoms with E-state index in [4.69, 9.17) is 28.6 Å². The van der Waals surface area contributed by atoms with Crippen LogP contribution >= 0.6 is 35.6 Å². The maximum atomic E-state index is 12.2.